The molecule has 0 radical (unpaired) electrons. The molecule has 2 N–H and O–H groups in total. The summed E-state index contributed by atoms with van der Waals surface area (Å²) in [6.07, 6.45) is 0.118. The summed E-state index contributed by atoms with van der Waals surface area (Å²) in [7, 11) is -2.21. The standard InChI is InChI=1S/C19H20ClN3O4S/c1-21-28(26,27)17-7-2-4-13(8-17)11-22-19(25)14-9-18(24)23(12-14)16-6-3-5-15(20)10-16/h2-8,10,14,21H,9,11-12H2,1H3,(H,22,25). The van der Waals surface area contributed by atoms with Crippen LogP contribution in [0.2, 0.25) is 5.02 Å². The van der Waals surface area contributed by atoms with E-state index in [4.69, 9.17) is 11.6 Å². The summed E-state index contributed by atoms with van der Waals surface area (Å²) in [4.78, 5) is 26.5. The van der Waals surface area contributed by atoms with Gasteiger partial charge >= 0.3 is 0 Å². The van der Waals surface area contributed by atoms with Crippen molar-refractivity contribution in [1.29, 1.82) is 0 Å². The van der Waals surface area contributed by atoms with E-state index in [1.54, 1.807) is 41.3 Å². The molecule has 28 heavy (non-hydrogen) atoms. The van der Waals surface area contributed by atoms with Crippen molar-refractivity contribution < 1.29 is 18.0 Å². The highest BCUT2D eigenvalue weighted by Crippen LogP contribution is 2.27. The zero-order chi connectivity index (χ0) is 20.3. The molecule has 1 aliphatic heterocycles. The molecule has 148 valence electrons. The first kappa shape index (κ1) is 20.3. The Kier molecular flexibility index (Phi) is 6.02. The number of benzene rings is 2. The van der Waals surface area contributed by atoms with Gasteiger partial charge in [0.15, 0.2) is 0 Å². The van der Waals surface area contributed by atoms with Crippen LogP contribution in [0.25, 0.3) is 0 Å². The van der Waals surface area contributed by atoms with Crippen molar-refractivity contribution in [2.45, 2.75) is 17.9 Å². The lowest BCUT2D eigenvalue weighted by molar-refractivity contribution is -0.126. The predicted octanol–water partition coefficient (Wildman–Crippen LogP) is 1.92. The van der Waals surface area contributed by atoms with Crippen LogP contribution in [0.3, 0.4) is 0 Å². The Labute approximate surface area is 168 Å². The van der Waals surface area contributed by atoms with Crippen LogP contribution < -0.4 is 14.9 Å². The fraction of sp³-hybridized carbons (Fsp3) is 0.263. The number of nitrogens with zero attached hydrogens (tertiary/aromatic N) is 1. The lowest BCUT2D eigenvalue weighted by Gasteiger charge is -2.17. The van der Waals surface area contributed by atoms with Crippen LogP contribution in [-0.2, 0) is 26.2 Å². The second-order valence-corrected chi connectivity index (χ2v) is 8.78. The van der Waals surface area contributed by atoms with Crippen molar-refractivity contribution in [3.8, 4) is 0 Å². The van der Waals surface area contributed by atoms with Gasteiger partial charge in [-0.05, 0) is 42.9 Å². The first-order valence-electron chi connectivity index (χ1n) is 8.66. The first-order valence-corrected chi connectivity index (χ1v) is 10.5. The Bertz CT molecular complexity index is 1010. The van der Waals surface area contributed by atoms with E-state index in [9.17, 15) is 18.0 Å². The molecule has 0 saturated carbocycles. The highest BCUT2D eigenvalue weighted by molar-refractivity contribution is 7.89. The largest absolute Gasteiger partial charge is 0.352 e. The molecule has 0 aliphatic carbocycles. The smallest absolute Gasteiger partial charge is 0.240 e. The van der Waals surface area contributed by atoms with Crippen molar-refractivity contribution in [2.24, 2.45) is 5.92 Å². The van der Waals surface area contributed by atoms with Gasteiger partial charge < -0.3 is 10.2 Å². The van der Waals surface area contributed by atoms with E-state index in [1.165, 1.54) is 19.2 Å². The zero-order valence-electron chi connectivity index (χ0n) is 15.2. The Hall–Kier alpha value is -2.42. The third kappa shape index (κ3) is 4.52. The molecular formula is C19H20ClN3O4S. The molecule has 2 aromatic rings. The minimum Gasteiger partial charge on any atom is -0.352 e. The third-order valence-corrected chi connectivity index (χ3v) is 6.21. The summed E-state index contributed by atoms with van der Waals surface area (Å²) < 4.78 is 26.0. The number of carbonyl (C=O) groups excluding carboxylic acids is 2. The summed E-state index contributed by atoms with van der Waals surface area (Å²) in [5, 5.41) is 3.31. The van der Waals surface area contributed by atoms with Gasteiger partial charge in [-0.15, -0.1) is 0 Å². The van der Waals surface area contributed by atoms with Gasteiger partial charge in [-0.1, -0.05) is 29.8 Å². The molecule has 2 aromatic carbocycles. The van der Waals surface area contributed by atoms with Crippen molar-refractivity contribution in [3.63, 3.8) is 0 Å². The molecule has 1 fully saturated rings. The van der Waals surface area contributed by atoms with E-state index in [1.807, 2.05) is 0 Å². The predicted molar refractivity (Wildman–Crippen MR) is 106 cm³/mol. The number of anilines is 1. The van der Waals surface area contributed by atoms with Gasteiger partial charge in [0.05, 0.1) is 10.8 Å². The molecule has 9 heteroatoms. The van der Waals surface area contributed by atoms with Crippen LogP contribution in [0.15, 0.2) is 53.4 Å². The molecule has 1 saturated heterocycles. The van der Waals surface area contributed by atoms with Gasteiger partial charge in [-0.2, -0.15) is 0 Å². The lowest BCUT2D eigenvalue weighted by Crippen LogP contribution is -2.32. The number of rotatable bonds is 6. The van der Waals surface area contributed by atoms with Crippen LogP contribution in [0.1, 0.15) is 12.0 Å². The van der Waals surface area contributed by atoms with E-state index in [0.29, 0.717) is 16.3 Å². The van der Waals surface area contributed by atoms with E-state index >= 15 is 0 Å². The van der Waals surface area contributed by atoms with E-state index in [0.717, 1.165) is 0 Å². The highest BCUT2D eigenvalue weighted by Gasteiger charge is 2.35. The van der Waals surface area contributed by atoms with Crippen LogP contribution in [0.5, 0.6) is 0 Å². The molecule has 7 nitrogen and oxygen atoms in total. The summed E-state index contributed by atoms with van der Waals surface area (Å²) in [6, 6.07) is 13.3. The van der Waals surface area contributed by atoms with Gasteiger partial charge in [0, 0.05) is 30.2 Å². The molecule has 1 atom stereocenters. The second kappa shape index (κ2) is 8.30. The van der Waals surface area contributed by atoms with Crippen LogP contribution >= 0.6 is 11.6 Å². The Morgan fingerprint density at radius 1 is 1.21 bits per heavy atom. The first-order chi connectivity index (χ1) is 13.3. The van der Waals surface area contributed by atoms with Crippen molar-refractivity contribution in [3.05, 3.63) is 59.1 Å². The molecule has 0 bridgehead atoms. The molecule has 1 unspecified atom stereocenters. The van der Waals surface area contributed by atoms with Gasteiger partial charge in [0.25, 0.3) is 0 Å². The maximum atomic E-state index is 12.5. The molecule has 0 aromatic heterocycles. The minimum absolute atomic E-state index is 0.118. The maximum Gasteiger partial charge on any atom is 0.240 e. The fourth-order valence-corrected chi connectivity index (χ4v) is 4.04. The monoisotopic (exact) mass is 421 g/mol. The number of hydrogen-bond donors (Lipinski definition) is 2. The number of amides is 2. The van der Waals surface area contributed by atoms with Crippen molar-refractivity contribution in [2.75, 3.05) is 18.5 Å². The summed E-state index contributed by atoms with van der Waals surface area (Å²) in [6.45, 7) is 0.451. The van der Waals surface area contributed by atoms with Crippen LogP contribution in [0, 0.1) is 5.92 Å². The Morgan fingerprint density at radius 3 is 2.68 bits per heavy atom. The Morgan fingerprint density at radius 2 is 1.96 bits per heavy atom. The number of sulfonamides is 1. The third-order valence-electron chi connectivity index (χ3n) is 4.56. The van der Waals surface area contributed by atoms with Crippen molar-refractivity contribution in [1.82, 2.24) is 10.0 Å². The quantitative estimate of drug-likeness (QED) is 0.744. The SMILES string of the molecule is CNS(=O)(=O)c1cccc(CNC(=O)C2CC(=O)N(c3cccc(Cl)c3)C2)c1. The average molecular weight is 422 g/mol. The minimum atomic E-state index is -3.55. The van der Waals surface area contributed by atoms with Gasteiger partial charge in [0.1, 0.15) is 0 Å². The fourth-order valence-electron chi connectivity index (χ4n) is 3.05. The van der Waals surface area contributed by atoms with Crippen molar-refractivity contribution >= 4 is 39.1 Å². The van der Waals surface area contributed by atoms with E-state index in [2.05, 4.69) is 10.0 Å². The molecular weight excluding hydrogens is 402 g/mol. The zero-order valence-corrected chi connectivity index (χ0v) is 16.8. The number of hydrogen-bond acceptors (Lipinski definition) is 4. The van der Waals surface area contributed by atoms with E-state index in [-0.39, 0.29) is 36.2 Å². The summed E-state index contributed by atoms with van der Waals surface area (Å²) in [5.41, 5.74) is 1.32. The molecule has 2 amide bonds. The lowest BCUT2D eigenvalue weighted by atomic mass is 10.1. The highest BCUT2D eigenvalue weighted by atomic mass is 35.5. The van der Waals surface area contributed by atoms with Crippen LogP contribution in [-0.4, -0.2) is 33.8 Å². The topological polar surface area (TPSA) is 95.6 Å². The number of nitrogens with one attached hydrogen (secondary N) is 2. The summed E-state index contributed by atoms with van der Waals surface area (Å²) >= 11 is 5.98. The average Bonchev–Trinajstić information content (AvgIpc) is 3.08. The van der Waals surface area contributed by atoms with Crippen LogP contribution in [0.4, 0.5) is 5.69 Å². The maximum absolute atomic E-state index is 12.5. The molecule has 1 aliphatic rings. The number of carbonyl (C=O) groups is 2. The van der Waals surface area contributed by atoms with E-state index < -0.39 is 15.9 Å². The number of halogens is 1. The molecule has 1 heterocycles. The Balaban J connectivity index is 1.63. The second-order valence-electron chi connectivity index (χ2n) is 6.46. The van der Waals surface area contributed by atoms with Gasteiger partial charge in [0.2, 0.25) is 21.8 Å². The normalized spacial score (nSPS) is 17.0. The molecule has 0 spiro atoms. The van der Waals surface area contributed by atoms with Gasteiger partial charge in [-0.25, -0.2) is 13.1 Å². The summed E-state index contributed by atoms with van der Waals surface area (Å²) in [5.74, 6) is -0.861. The van der Waals surface area contributed by atoms with Gasteiger partial charge in [-0.3, -0.25) is 9.59 Å². The molecule has 3 rings (SSSR count).